The van der Waals surface area contributed by atoms with Gasteiger partial charge in [0.25, 0.3) is 5.56 Å². The van der Waals surface area contributed by atoms with Gasteiger partial charge in [0.1, 0.15) is 17.6 Å². The Hall–Kier alpha value is -3.87. The number of piperidine rings is 1. The minimum absolute atomic E-state index is 0.0944. The van der Waals surface area contributed by atoms with Crippen molar-refractivity contribution in [1.82, 2.24) is 19.9 Å². The third-order valence-electron chi connectivity index (χ3n) is 6.62. The van der Waals surface area contributed by atoms with Crippen LogP contribution in [0, 0.1) is 5.92 Å². The van der Waals surface area contributed by atoms with Crippen LogP contribution in [-0.2, 0) is 16.1 Å². The number of hydrogen-bond donors (Lipinski definition) is 2. The van der Waals surface area contributed by atoms with Crippen LogP contribution in [0.25, 0.3) is 10.3 Å². The molecule has 1 saturated carbocycles. The summed E-state index contributed by atoms with van der Waals surface area (Å²) in [4.78, 5) is 49.4. The molecular formula is C25H30N6O6S. The molecule has 2 amide bonds. The van der Waals surface area contributed by atoms with E-state index in [1.165, 1.54) is 43.6 Å². The van der Waals surface area contributed by atoms with Crippen LogP contribution >= 0.6 is 11.3 Å². The first-order valence-electron chi connectivity index (χ1n) is 12.4. The summed E-state index contributed by atoms with van der Waals surface area (Å²) in [7, 11) is 4.47. The number of nitrogens with one attached hydrogen (secondary N) is 2. The van der Waals surface area contributed by atoms with Crippen molar-refractivity contribution in [2.24, 2.45) is 5.92 Å². The first-order chi connectivity index (χ1) is 18.4. The minimum Gasteiger partial charge on any atom is -0.493 e. The van der Waals surface area contributed by atoms with Crippen molar-refractivity contribution in [3.8, 4) is 17.2 Å². The number of ether oxygens (including phenoxy) is 3. The summed E-state index contributed by atoms with van der Waals surface area (Å²) >= 11 is 1.24. The fourth-order valence-electron chi connectivity index (χ4n) is 4.50. The van der Waals surface area contributed by atoms with Gasteiger partial charge in [-0.2, -0.15) is 4.98 Å². The quantitative estimate of drug-likeness (QED) is 0.416. The zero-order chi connectivity index (χ0) is 26.8. The molecular weight excluding hydrogens is 512 g/mol. The standard InChI is InChI=1S/C25H30N6O6S/c1-35-17-9-16(10-18(36-2)20(17)37-3)27-19(32)12-31-13-26-22-21(24(31)34)38-25(29-22)30-8-4-5-14(11-30)23(33)28-15-6-7-15/h9-10,13-15H,4-8,11-12H2,1-3H3,(H,27,32)(H,28,33). The Labute approximate surface area is 222 Å². The first-order valence-corrected chi connectivity index (χ1v) is 13.2. The highest BCUT2D eigenvalue weighted by molar-refractivity contribution is 7.22. The van der Waals surface area contributed by atoms with E-state index in [9.17, 15) is 14.4 Å². The molecule has 2 fully saturated rings. The smallest absolute Gasteiger partial charge is 0.273 e. The molecule has 0 spiro atoms. The van der Waals surface area contributed by atoms with Crippen molar-refractivity contribution in [1.29, 1.82) is 0 Å². The van der Waals surface area contributed by atoms with Crippen molar-refractivity contribution in [3.05, 3.63) is 28.8 Å². The zero-order valence-corrected chi connectivity index (χ0v) is 22.3. The summed E-state index contributed by atoms with van der Waals surface area (Å²) < 4.78 is 17.6. The van der Waals surface area contributed by atoms with Crippen LogP contribution in [0.5, 0.6) is 17.2 Å². The molecule has 38 heavy (non-hydrogen) atoms. The second-order valence-electron chi connectivity index (χ2n) is 9.36. The second kappa shape index (κ2) is 10.9. The number of fused-ring (bicyclic) bond motifs is 1. The Morgan fingerprint density at radius 2 is 1.84 bits per heavy atom. The predicted molar refractivity (Wildman–Crippen MR) is 143 cm³/mol. The normalized spacial score (nSPS) is 17.2. The van der Waals surface area contributed by atoms with Gasteiger partial charge < -0.3 is 29.7 Å². The summed E-state index contributed by atoms with van der Waals surface area (Å²) in [5, 5.41) is 6.50. The molecule has 1 saturated heterocycles. The number of methoxy groups -OCH3 is 3. The fraction of sp³-hybridized carbons (Fsp3) is 0.480. The maximum Gasteiger partial charge on any atom is 0.273 e. The summed E-state index contributed by atoms with van der Waals surface area (Å²) in [6.07, 6.45) is 5.14. The van der Waals surface area contributed by atoms with Gasteiger partial charge in [-0.25, -0.2) is 4.98 Å². The van der Waals surface area contributed by atoms with Gasteiger partial charge in [0.05, 0.1) is 27.2 Å². The predicted octanol–water partition coefficient (Wildman–Crippen LogP) is 2.01. The van der Waals surface area contributed by atoms with Gasteiger partial charge in [-0.05, 0) is 25.7 Å². The molecule has 1 atom stereocenters. The molecule has 3 heterocycles. The molecule has 12 nitrogen and oxygen atoms in total. The molecule has 0 bridgehead atoms. The van der Waals surface area contributed by atoms with Crippen molar-refractivity contribution in [2.75, 3.05) is 44.6 Å². The van der Waals surface area contributed by atoms with Crippen molar-refractivity contribution < 1.29 is 23.8 Å². The number of hydrogen-bond acceptors (Lipinski definition) is 10. The number of carbonyl (C=O) groups is 2. The Kier molecular flexibility index (Phi) is 7.36. The van der Waals surface area contributed by atoms with E-state index in [1.54, 1.807) is 12.1 Å². The Balaban J connectivity index is 1.30. The van der Waals surface area contributed by atoms with Crippen LogP contribution in [0.2, 0.25) is 0 Å². The number of aromatic nitrogens is 3. The highest BCUT2D eigenvalue weighted by Gasteiger charge is 2.31. The van der Waals surface area contributed by atoms with Crippen LogP contribution in [0.3, 0.4) is 0 Å². The summed E-state index contributed by atoms with van der Waals surface area (Å²) in [6.45, 7) is 1.08. The lowest BCUT2D eigenvalue weighted by Crippen LogP contribution is -2.43. The molecule has 5 rings (SSSR count). The summed E-state index contributed by atoms with van der Waals surface area (Å²) in [5.74, 6) is 0.766. The summed E-state index contributed by atoms with van der Waals surface area (Å²) in [6, 6.07) is 3.54. The Morgan fingerprint density at radius 1 is 1.11 bits per heavy atom. The number of thiazole rings is 1. The van der Waals surface area contributed by atoms with E-state index in [0.29, 0.717) is 51.0 Å². The van der Waals surface area contributed by atoms with Gasteiger partial charge in [0, 0.05) is 37.0 Å². The second-order valence-corrected chi connectivity index (χ2v) is 10.3. The molecule has 1 unspecified atom stereocenters. The Bertz CT molecular complexity index is 1390. The molecule has 1 aromatic carbocycles. The lowest BCUT2D eigenvalue weighted by Gasteiger charge is -2.31. The van der Waals surface area contributed by atoms with Crippen LogP contribution in [0.1, 0.15) is 25.7 Å². The highest BCUT2D eigenvalue weighted by Crippen LogP contribution is 2.40. The summed E-state index contributed by atoms with van der Waals surface area (Å²) in [5.41, 5.74) is 0.414. The number of nitrogens with zero attached hydrogens (tertiary/aromatic N) is 4. The largest absolute Gasteiger partial charge is 0.493 e. The number of rotatable bonds is 9. The van der Waals surface area contributed by atoms with Gasteiger partial charge in [0.2, 0.25) is 17.6 Å². The van der Waals surface area contributed by atoms with E-state index in [1.807, 2.05) is 4.90 Å². The topological polar surface area (TPSA) is 137 Å². The molecule has 1 aliphatic heterocycles. The lowest BCUT2D eigenvalue weighted by atomic mass is 9.97. The molecule has 2 aromatic heterocycles. The van der Waals surface area contributed by atoms with Gasteiger partial charge in [-0.15, -0.1) is 0 Å². The van der Waals surface area contributed by atoms with Crippen molar-refractivity contribution >= 4 is 44.3 Å². The average molecular weight is 543 g/mol. The van der Waals surface area contributed by atoms with Crippen LogP contribution in [0.15, 0.2) is 23.3 Å². The SMILES string of the molecule is COc1cc(NC(=O)Cn2cnc3nc(N4CCCC(C(=O)NC5CC5)C4)sc3c2=O)cc(OC)c1OC. The van der Waals surface area contributed by atoms with E-state index < -0.39 is 5.91 Å². The maximum absolute atomic E-state index is 13.2. The van der Waals surface area contributed by atoms with Crippen LogP contribution < -0.4 is 35.3 Å². The van der Waals surface area contributed by atoms with E-state index in [-0.39, 0.29) is 23.9 Å². The number of benzene rings is 1. The number of carbonyl (C=O) groups excluding carboxylic acids is 2. The molecule has 202 valence electrons. The lowest BCUT2D eigenvalue weighted by molar-refractivity contribution is -0.125. The fourth-order valence-corrected chi connectivity index (χ4v) is 5.51. The first kappa shape index (κ1) is 25.8. The molecule has 2 aliphatic rings. The van der Waals surface area contributed by atoms with Gasteiger partial charge in [-0.3, -0.25) is 19.0 Å². The van der Waals surface area contributed by atoms with Crippen molar-refractivity contribution in [3.63, 3.8) is 0 Å². The van der Waals surface area contributed by atoms with Gasteiger partial charge in [-0.1, -0.05) is 11.3 Å². The van der Waals surface area contributed by atoms with E-state index in [4.69, 9.17) is 14.2 Å². The highest BCUT2D eigenvalue weighted by atomic mass is 32.1. The molecule has 2 N–H and O–H groups in total. The molecule has 13 heteroatoms. The number of amides is 2. The molecule has 1 aliphatic carbocycles. The van der Waals surface area contributed by atoms with Gasteiger partial charge >= 0.3 is 0 Å². The maximum atomic E-state index is 13.2. The Morgan fingerprint density at radius 3 is 2.50 bits per heavy atom. The minimum atomic E-state index is -0.423. The third kappa shape index (κ3) is 5.37. The van der Waals surface area contributed by atoms with Crippen molar-refractivity contribution in [2.45, 2.75) is 38.3 Å². The monoisotopic (exact) mass is 542 g/mol. The van der Waals surface area contributed by atoms with Gasteiger partial charge in [0.15, 0.2) is 22.3 Å². The number of anilines is 2. The average Bonchev–Trinajstić information content (AvgIpc) is 3.63. The third-order valence-corrected chi connectivity index (χ3v) is 7.71. The van der Waals surface area contributed by atoms with E-state index in [0.717, 1.165) is 32.2 Å². The van der Waals surface area contributed by atoms with E-state index >= 15 is 0 Å². The molecule has 0 radical (unpaired) electrons. The van der Waals surface area contributed by atoms with E-state index in [2.05, 4.69) is 20.6 Å². The zero-order valence-electron chi connectivity index (χ0n) is 21.5. The molecule has 3 aromatic rings. The van der Waals surface area contributed by atoms with Crippen LogP contribution in [-0.4, -0.2) is 66.8 Å². The van der Waals surface area contributed by atoms with Crippen LogP contribution in [0.4, 0.5) is 10.8 Å².